The number of allylic oxidation sites excluding steroid dienone is 1. The third-order valence-electron chi connectivity index (χ3n) is 2.88. The van der Waals surface area contributed by atoms with E-state index in [0.29, 0.717) is 17.7 Å². The lowest BCUT2D eigenvalue weighted by atomic mass is 9.92. The standard InChI is InChI=1S/C10H13NO/c1-7-5-8(6-12)11-10-4-2-3-9(7)10/h5-6,9-10H,2-4H2,1H3. The summed E-state index contributed by atoms with van der Waals surface area (Å²) in [5, 5.41) is 0. The summed E-state index contributed by atoms with van der Waals surface area (Å²) in [7, 11) is 0. The molecule has 2 nitrogen and oxygen atoms in total. The number of dihydropyridines is 1. The average molecular weight is 163 g/mol. The van der Waals surface area contributed by atoms with Crippen molar-refractivity contribution in [2.24, 2.45) is 10.9 Å². The first-order chi connectivity index (χ1) is 5.81. The van der Waals surface area contributed by atoms with Gasteiger partial charge in [-0.1, -0.05) is 12.0 Å². The highest BCUT2D eigenvalue weighted by Gasteiger charge is 2.30. The van der Waals surface area contributed by atoms with Crippen molar-refractivity contribution in [3.8, 4) is 0 Å². The highest BCUT2D eigenvalue weighted by molar-refractivity contribution is 6.34. The molecule has 2 atom stereocenters. The molecule has 2 aliphatic rings. The Labute approximate surface area is 72.4 Å². The zero-order chi connectivity index (χ0) is 8.55. The molecule has 1 aliphatic carbocycles. The minimum Gasteiger partial charge on any atom is -0.296 e. The van der Waals surface area contributed by atoms with Crippen LogP contribution >= 0.6 is 0 Å². The van der Waals surface area contributed by atoms with Crippen LogP contribution in [0.2, 0.25) is 0 Å². The van der Waals surface area contributed by atoms with Crippen LogP contribution in [0.3, 0.4) is 0 Å². The largest absolute Gasteiger partial charge is 0.296 e. The number of carbonyl (C=O) groups excluding carboxylic acids is 1. The van der Waals surface area contributed by atoms with E-state index in [0.717, 1.165) is 12.7 Å². The highest BCUT2D eigenvalue weighted by atomic mass is 16.1. The Bertz CT molecular complexity index is 265. The van der Waals surface area contributed by atoms with Crippen LogP contribution in [0.4, 0.5) is 0 Å². The van der Waals surface area contributed by atoms with Crippen LogP contribution in [-0.2, 0) is 4.79 Å². The predicted octanol–water partition coefficient (Wildman–Crippen LogP) is 1.75. The summed E-state index contributed by atoms with van der Waals surface area (Å²) in [5.41, 5.74) is 1.98. The Morgan fingerprint density at radius 1 is 1.58 bits per heavy atom. The molecule has 0 amide bonds. The summed E-state index contributed by atoms with van der Waals surface area (Å²) < 4.78 is 0. The summed E-state index contributed by atoms with van der Waals surface area (Å²) in [6.07, 6.45) is 6.46. The number of aliphatic imine (C=N–C) groups is 1. The van der Waals surface area contributed by atoms with Gasteiger partial charge in [0, 0.05) is 5.92 Å². The molecule has 1 aliphatic heterocycles. The third-order valence-corrected chi connectivity index (χ3v) is 2.88. The Kier molecular flexibility index (Phi) is 1.83. The topological polar surface area (TPSA) is 29.4 Å². The molecule has 0 bridgehead atoms. The second kappa shape index (κ2) is 2.85. The maximum Gasteiger partial charge on any atom is 0.167 e. The van der Waals surface area contributed by atoms with Gasteiger partial charge in [0.1, 0.15) is 0 Å². The van der Waals surface area contributed by atoms with Crippen molar-refractivity contribution in [2.45, 2.75) is 32.2 Å². The molecule has 0 aromatic heterocycles. The van der Waals surface area contributed by atoms with Crippen LogP contribution in [0, 0.1) is 5.92 Å². The zero-order valence-corrected chi connectivity index (χ0v) is 7.29. The summed E-state index contributed by atoms with van der Waals surface area (Å²) in [6, 6.07) is 0.412. The van der Waals surface area contributed by atoms with E-state index < -0.39 is 0 Å². The van der Waals surface area contributed by atoms with Gasteiger partial charge in [-0.25, -0.2) is 0 Å². The first-order valence-corrected chi connectivity index (χ1v) is 4.52. The summed E-state index contributed by atoms with van der Waals surface area (Å²) in [5.74, 6) is 0.633. The summed E-state index contributed by atoms with van der Waals surface area (Å²) >= 11 is 0. The minimum absolute atomic E-state index is 0.412. The van der Waals surface area contributed by atoms with Gasteiger partial charge >= 0.3 is 0 Å². The lowest BCUT2D eigenvalue weighted by molar-refractivity contribution is -0.102. The zero-order valence-electron chi connectivity index (χ0n) is 7.29. The predicted molar refractivity (Wildman–Crippen MR) is 48.4 cm³/mol. The molecule has 64 valence electrons. The van der Waals surface area contributed by atoms with Gasteiger partial charge < -0.3 is 0 Å². The second-order valence-corrected chi connectivity index (χ2v) is 3.66. The van der Waals surface area contributed by atoms with Crippen LogP contribution in [0.15, 0.2) is 16.6 Å². The number of rotatable bonds is 1. The van der Waals surface area contributed by atoms with Gasteiger partial charge in [0.25, 0.3) is 0 Å². The molecule has 0 aromatic carbocycles. The molecular formula is C10H13NO. The average Bonchev–Trinajstić information content (AvgIpc) is 2.52. The lowest BCUT2D eigenvalue weighted by Crippen LogP contribution is -2.20. The van der Waals surface area contributed by atoms with E-state index in [1.54, 1.807) is 0 Å². The van der Waals surface area contributed by atoms with E-state index in [-0.39, 0.29) is 0 Å². The maximum atomic E-state index is 10.5. The fourth-order valence-corrected chi connectivity index (χ4v) is 2.26. The van der Waals surface area contributed by atoms with E-state index in [4.69, 9.17) is 0 Å². The van der Waals surface area contributed by atoms with Crippen LogP contribution in [0.25, 0.3) is 0 Å². The Balaban J connectivity index is 2.29. The molecule has 1 saturated carbocycles. The van der Waals surface area contributed by atoms with Crippen LogP contribution in [0.1, 0.15) is 26.2 Å². The quantitative estimate of drug-likeness (QED) is 0.541. The van der Waals surface area contributed by atoms with Crippen molar-refractivity contribution in [1.29, 1.82) is 0 Å². The number of carbonyl (C=O) groups is 1. The van der Waals surface area contributed by atoms with Crippen molar-refractivity contribution in [1.82, 2.24) is 0 Å². The molecule has 2 unspecified atom stereocenters. The molecule has 2 rings (SSSR count). The van der Waals surface area contributed by atoms with Gasteiger partial charge in [0.05, 0.1) is 11.8 Å². The van der Waals surface area contributed by atoms with E-state index >= 15 is 0 Å². The molecule has 0 N–H and O–H groups in total. The highest BCUT2D eigenvalue weighted by Crippen LogP contribution is 2.35. The number of fused-ring (bicyclic) bond motifs is 1. The molecule has 1 heterocycles. The van der Waals surface area contributed by atoms with Crippen LogP contribution in [-0.4, -0.2) is 18.0 Å². The molecule has 1 fully saturated rings. The van der Waals surface area contributed by atoms with Gasteiger partial charge in [-0.15, -0.1) is 0 Å². The van der Waals surface area contributed by atoms with E-state index in [2.05, 4.69) is 11.9 Å². The molecule has 12 heavy (non-hydrogen) atoms. The number of nitrogens with zero attached hydrogens (tertiary/aromatic N) is 1. The minimum atomic E-state index is 0.412. The fourth-order valence-electron chi connectivity index (χ4n) is 2.26. The first-order valence-electron chi connectivity index (χ1n) is 4.52. The Morgan fingerprint density at radius 2 is 2.42 bits per heavy atom. The molecule has 0 aromatic rings. The van der Waals surface area contributed by atoms with E-state index in [1.807, 2.05) is 6.08 Å². The van der Waals surface area contributed by atoms with Gasteiger partial charge in [-0.05, 0) is 25.8 Å². The van der Waals surface area contributed by atoms with E-state index in [9.17, 15) is 4.79 Å². The van der Waals surface area contributed by atoms with Crippen LogP contribution in [0.5, 0.6) is 0 Å². The summed E-state index contributed by atoms with van der Waals surface area (Å²) in [6.45, 7) is 2.11. The molecule has 2 heteroatoms. The van der Waals surface area contributed by atoms with Crippen molar-refractivity contribution in [3.63, 3.8) is 0 Å². The lowest BCUT2D eigenvalue weighted by Gasteiger charge is -2.21. The SMILES string of the molecule is CC1=CC(C=O)=NC2CCCC12. The maximum absolute atomic E-state index is 10.5. The monoisotopic (exact) mass is 163 g/mol. The normalized spacial score (nSPS) is 33.8. The van der Waals surface area contributed by atoms with Gasteiger partial charge in [-0.3, -0.25) is 9.79 Å². The smallest absolute Gasteiger partial charge is 0.167 e. The van der Waals surface area contributed by atoms with Crippen LogP contribution < -0.4 is 0 Å². The third kappa shape index (κ3) is 1.11. The molecule has 0 saturated heterocycles. The number of aldehydes is 1. The molecule has 0 radical (unpaired) electrons. The van der Waals surface area contributed by atoms with E-state index in [1.165, 1.54) is 18.4 Å². The Hall–Kier alpha value is -0.920. The Morgan fingerprint density at radius 3 is 3.17 bits per heavy atom. The van der Waals surface area contributed by atoms with Gasteiger partial charge in [0.2, 0.25) is 0 Å². The number of hydrogen-bond acceptors (Lipinski definition) is 2. The number of hydrogen-bond donors (Lipinski definition) is 0. The summed E-state index contributed by atoms with van der Waals surface area (Å²) in [4.78, 5) is 14.9. The van der Waals surface area contributed by atoms with Crippen molar-refractivity contribution >= 4 is 12.0 Å². The van der Waals surface area contributed by atoms with Gasteiger partial charge in [-0.2, -0.15) is 0 Å². The molecular weight excluding hydrogens is 150 g/mol. The van der Waals surface area contributed by atoms with Crippen molar-refractivity contribution in [3.05, 3.63) is 11.6 Å². The fraction of sp³-hybridized carbons (Fsp3) is 0.600. The van der Waals surface area contributed by atoms with Crippen molar-refractivity contribution < 1.29 is 4.79 Å². The molecule has 0 spiro atoms. The first kappa shape index (κ1) is 7.71. The van der Waals surface area contributed by atoms with Crippen molar-refractivity contribution in [2.75, 3.05) is 0 Å². The second-order valence-electron chi connectivity index (χ2n) is 3.66. The van der Waals surface area contributed by atoms with Gasteiger partial charge in [0.15, 0.2) is 6.29 Å².